The van der Waals surface area contributed by atoms with Crippen LogP contribution in [0.25, 0.3) is 0 Å². The van der Waals surface area contributed by atoms with Crippen molar-refractivity contribution < 1.29 is 24.9 Å². The summed E-state index contributed by atoms with van der Waals surface area (Å²) in [5.74, 6) is -1.78. The first-order valence-electron chi connectivity index (χ1n) is 13.5. The Morgan fingerprint density at radius 2 is 1.57 bits per heavy atom. The normalized spacial score (nSPS) is 11.2. The monoisotopic (exact) mass is 581 g/mol. The average molecular weight is 582 g/mol. The predicted molar refractivity (Wildman–Crippen MR) is 158 cm³/mol. The van der Waals surface area contributed by atoms with Gasteiger partial charge in [-0.3, -0.25) is 19.0 Å². The summed E-state index contributed by atoms with van der Waals surface area (Å²) in [5.41, 5.74) is 5.44. The number of benzene rings is 1. The summed E-state index contributed by atoms with van der Waals surface area (Å²) in [4.78, 5) is 42.3. The van der Waals surface area contributed by atoms with Crippen molar-refractivity contribution in [3.8, 4) is 5.75 Å². The molecule has 0 spiro atoms. The summed E-state index contributed by atoms with van der Waals surface area (Å²) in [6, 6.07) is 4.90. The number of allylic oxidation sites excluding steroid dienone is 2. The standard InChI is InChI=1S/C14H26O2.C9H10ClNO3.C6H8N2O2/c1-2-3-4-5-6-7-8-9-10-11-12-13-14(15)16;10-6-3-5(1-2-8(6)12)4-7(11)9(13)14;1-7-4-3-5(9)8(2)6(7)10/h9-10H,2-8,11-13H2,1H3,(H,15,16);1-3,7,12H,4,11H2,(H,13,14);3-4H,1-2H3/t;7-;/m.0./s1. The Morgan fingerprint density at radius 3 is 2.12 bits per heavy atom. The molecule has 1 aromatic carbocycles. The smallest absolute Gasteiger partial charge is 0.330 e. The maximum Gasteiger partial charge on any atom is 0.330 e. The molecule has 10 nitrogen and oxygen atoms in total. The van der Waals surface area contributed by atoms with E-state index in [-0.39, 0.29) is 28.4 Å². The molecule has 224 valence electrons. The Balaban J connectivity index is 0.000000584. The lowest BCUT2D eigenvalue weighted by atomic mass is 10.1. The fourth-order valence-electron chi connectivity index (χ4n) is 3.35. The van der Waals surface area contributed by atoms with Crippen molar-refractivity contribution in [2.75, 3.05) is 0 Å². The van der Waals surface area contributed by atoms with E-state index >= 15 is 0 Å². The second kappa shape index (κ2) is 21.5. The third-order valence-corrected chi connectivity index (χ3v) is 6.10. The van der Waals surface area contributed by atoms with Gasteiger partial charge in [0.1, 0.15) is 11.8 Å². The summed E-state index contributed by atoms with van der Waals surface area (Å²) in [6.07, 6.45) is 17.1. The van der Waals surface area contributed by atoms with Gasteiger partial charge in [-0.05, 0) is 49.8 Å². The molecule has 0 saturated heterocycles. The van der Waals surface area contributed by atoms with Crippen LogP contribution in [0.15, 0.2) is 52.2 Å². The van der Waals surface area contributed by atoms with Crippen molar-refractivity contribution in [3.05, 3.63) is 74.0 Å². The highest BCUT2D eigenvalue weighted by Gasteiger charge is 2.12. The Morgan fingerprint density at radius 1 is 0.975 bits per heavy atom. The third-order valence-electron chi connectivity index (χ3n) is 5.80. The van der Waals surface area contributed by atoms with Crippen LogP contribution in [0.2, 0.25) is 5.02 Å². The molecule has 0 aliphatic carbocycles. The first-order chi connectivity index (χ1) is 18.9. The van der Waals surface area contributed by atoms with Gasteiger partial charge in [0.2, 0.25) is 0 Å². The Kier molecular flexibility index (Phi) is 19.6. The van der Waals surface area contributed by atoms with E-state index in [9.17, 15) is 19.2 Å². The molecule has 1 aromatic heterocycles. The van der Waals surface area contributed by atoms with Crippen LogP contribution in [0.4, 0.5) is 0 Å². The molecule has 0 bridgehead atoms. The number of carboxylic acids is 2. The number of aliphatic carboxylic acids is 2. The van der Waals surface area contributed by atoms with Crippen molar-refractivity contribution >= 4 is 23.5 Å². The van der Waals surface area contributed by atoms with Gasteiger partial charge in [-0.2, -0.15) is 0 Å². The minimum absolute atomic E-state index is 0.0284. The number of carboxylic acid groups (broad SMARTS) is 2. The summed E-state index contributed by atoms with van der Waals surface area (Å²) in [7, 11) is 3.05. The Bertz CT molecular complexity index is 1170. The van der Waals surface area contributed by atoms with Gasteiger partial charge in [0.05, 0.1) is 5.02 Å². The molecule has 5 N–H and O–H groups in total. The van der Waals surface area contributed by atoms with Crippen LogP contribution < -0.4 is 17.0 Å². The molecular weight excluding hydrogens is 538 g/mol. The van der Waals surface area contributed by atoms with Gasteiger partial charge in [-0.25, -0.2) is 4.79 Å². The van der Waals surface area contributed by atoms with E-state index in [4.69, 9.17) is 32.7 Å². The van der Waals surface area contributed by atoms with Gasteiger partial charge < -0.3 is 25.6 Å². The van der Waals surface area contributed by atoms with Crippen LogP contribution in [-0.4, -0.2) is 42.4 Å². The van der Waals surface area contributed by atoms with Gasteiger partial charge >= 0.3 is 17.6 Å². The van der Waals surface area contributed by atoms with Crippen LogP contribution in [0.1, 0.15) is 76.7 Å². The molecule has 11 heteroatoms. The molecule has 40 heavy (non-hydrogen) atoms. The van der Waals surface area contributed by atoms with Crippen LogP contribution in [-0.2, 0) is 30.1 Å². The lowest BCUT2D eigenvalue weighted by Crippen LogP contribution is -2.35. The molecule has 2 rings (SSSR count). The summed E-state index contributed by atoms with van der Waals surface area (Å²) < 4.78 is 2.40. The van der Waals surface area contributed by atoms with Crippen LogP contribution in [0.3, 0.4) is 0 Å². The number of phenols is 1. The number of carbonyl (C=O) groups is 2. The number of halogens is 1. The van der Waals surface area contributed by atoms with E-state index in [1.165, 1.54) is 74.5 Å². The fourth-order valence-corrected chi connectivity index (χ4v) is 3.55. The van der Waals surface area contributed by atoms with E-state index in [0.717, 1.165) is 23.8 Å². The minimum atomic E-state index is -1.06. The van der Waals surface area contributed by atoms with Crippen LogP contribution in [0.5, 0.6) is 5.75 Å². The van der Waals surface area contributed by atoms with Crippen molar-refractivity contribution in [1.82, 2.24) is 9.13 Å². The van der Waals surface area contributed by atoms with Crippen molar-refractivity contribution in [2.24, 2.45) is 19.8 Å². The molecule has 0 aliphatic heterocycles. The van der Waals surface area contributed by atoms with E-state index < -0.39 is 18.0 Å². The lowest BCUT2D eigenvalue weighted by molar-refractivity contribution is -0.139. The molecule has 0 saturated carbocycles. The molecule has 0 fully saturated rings. The van der Waals surface area contributed by atoms with Crippen LogP contribution in [0, 0.1) is 0 Å². The van der Waals surface area contributed by atoms with E-state index in [2.05, 4.69) is 19.1 Å². The van der Waals surface area contributed by atoms with Gasteiger partial charge in [-0.1, -0.05) is 68.8 Å². The maximum absolute atomic E-state index is 10.9. The summed E-state index contributed by atoms with van der Waals surface area (Å²) in [6.45, 7) is 2.24. The van der Waals surface area contributed by atoms with Crippen molar-refractivity contribution in [1.29, 1.82) is 0 Å². The van der Waals surface area contributed by atoms with Crippen molar-refractivity contribution in [3.63, 3.8) is 0 Å². The maximum atomic E-state index is 10.9. The number of unbranched alkanes of at least 4 members (excludes halogenated alkanes) is 7. The largest absolute Gasteiger partial charge is 0.506 e. The number of hydrogen-bond acceptors (Lipinski definition) is 6. The SMILES string of the molecule is CCCCCCCCC=CCCCC(=O)O.Cn1ccc(=O)n(C)c1=O.N[C@@H](Cc1ccc(O)c(Cl)c1)C(=O)O. The number of hydrogen-bond donors (Lipinski definition) is 4. The number of aromatic hydroxyl groups is 1. The van der Waals surface area contributed by atoms with Gasteiger partial charge in [0.15, 0.2) is 0 Å². The van der Waals surface area contributed by atoms with Crippen LogP contribution >= 0.6 is 11.6 Å². The number of phenolic OH excluding ortho intramolecular Hbond substituents is 1. The molecule has 0 aliphatic rings. The molecule has 1 heterocycles. The lowest BCUT2D eigenvalue weighted by Gasteiger charge is -2.06. The third kappa shape index (κ3) is 17.3. The van der Waals surface area contributed by atoms with E-state index in [0.29, 0.717) is 12.0 Å². The second-order valence-corrected chi connectivity index (χ2v) is 9.76. The average Bonchev–Trinajstić information content (AvgIpc) is 2.91. The first-order valence-corrected chi connectivity index (χ1v) is 13.8. The highest BCUT2D eigenvalue weighted by molar-refractivity contribution is 6.32. The molecule has 1 atom stereocenters. The number of nitrogens with two attached hydrogens (primary N) is 1. The minimum Gasteiger partial charge on any atom is -0.506 e. The van der Waals surface area contributed by atoms with E-state index in [1.54, 1.807) is 13.1 Å². The molecule has 0 unspecified atom stereocenters. The first kappa shape index (κ1) is 36.6. The molecule has 0 amide bonds. The topological polar surface area (TPSA) is 165 Å². The predicted octanol–water partition coefficient (Wildman–Crippen LogP) is 4.63. The number of aryl methyl sites for hydroxylation is 1. The van der Waals surface area contributed by atoms with Gasteiger partial charge in [0, 0.05) is 32.8 Å². The molecule has 2 aromatic rings. The quantitative estimate of drug-likeness (QED) is 0.185. The molecular formula is C29H44ClN3O7. The van der Waals surface area contributed by atoms with E-state index in [1.807, 2.05) is 0 Å². The zero-order valence-electron chi connectivity index (χ0n) is 23.7. The van der Waals surface area contributed by atoms with Gasteiger partial charge in [-0.15, -0.1) is 0 Å². The van der Waals surface area contributed by atoms with Crippen molar-refractivity contribution in [2.45, 2.75) is 83.6 Å². The highest BCUT2D eigenvalue weighted by Crippen LogP contribution is 2.24. The summed E-state index contributed by atoms with van der Waals surface area (Å²) >= 11 is 5.64. The zero-order valence-corrected chi connectivity index (χ0v) is 24.5. The Labute approximate surface area is 240 Å². The Hall–Kier alpha value is -3.37. The zero-order chi connectivity index (χ0) is 30.5. The number of rotatable bonds is 14. The highest BCUT2D eigenvalue weighted by atomic mass is 35.5. The second-order valence-electron chi connectivity index (χ2n) is 9.35. The number of aromatic nitrogens is 2. The molecule has 0 radical (unpaired) electrons. The fraction of sp³-hybridized carbons (Fsp3) is 0.517. The number of nitrogens with zero attached hydrogens (tertiary/aromatic N) is 2. The van der Waals surface area contributed by atoms with Gasteiger partial charge in [0.25, 0.3) is 5.56 Å². The summed E-state index contributed by atoms with van der Waals surface area (Å²) in [5, 5.41) is 26.3.